The Morgan fingerprint density at radius 2 is 1.21 bits per heavy atom. The molecule has 57 heavy (non-hydrogen) atoms. The number of carbonyl (C=O) groups is 7. The van der Waals surface area contributed by atoms with Gasteiger partial charge < -0.3 is 57.0 Å². The van der Waals surface area contributed by atoms with Gasteiger partial charge in [0.05, 0.1) is 12.6 Å². The van der Waals surface area contributed by atoms with Crippen molar-refractivity contribution in [3.8, 4) is 0 Å². The molecule has 0 unspecified atom stereocenters. The van der Waals surface area contributed by atoms with Gasteiger partial charge in [-0.15, -0.1) is 0 Å². The Morgan fingerprint density at radius 1 is 0.649 bits per heavy atom. The van der Waals surface area contributed by atoms with E-state index in [1.54, 1.807) is 41.5 Å². The lowest BCUT2D eigenvalue weighted by atomic mass is 10.1. The molecule has 0 aromatic heterocycles. The van der Waals surface area contributed by atoms with E-state index in [4.69, 9.17) is 19.9 Å². The molecule has 0 rings (SSSR count). The summed E-state index contributed by atoms with van der Waals surface area (Å²) in [5.41, 5.74) is 4.50. The van der Waals surface area contributed by atoms with Crippen LogP contribution in [0.2, 0.25) is 0 Å². The smallest absolute Gasteiger partial charge is 0.407 e. The molecule has 0 aromatic rings. The van der Waals surface area contributed by atoms with Gasteiger partial charge in [0.25, 0.3) is 5.91 Å². The first kappa shape index (κ1) is 52.8. The maximum absolute atomic E-state index is 13.7. The molecule has 5 atom stereocenters. The van der Waals surface area contributed by atoms with Crippen LogP contribution in [0, 0.1) is 5.92 Å². The van der Waals surface area contributed by atoms with Gasteiger partial charge in [-0.25, -0.2) is 14.4 Å². The molecule has 0 saturated carbocycles. The summed E-state index contributed by atoms with van der Waals surface area (Å²) in [4.78, 5) is 89.5. The van der Waals surface area contributed by atoms with Gasteiger partial charge in [-0.1, -0.05) is 59.3 Å². The van der Waals surface area contributed by atoms with E-state index in [9.17, 15) is 38.7 Å². The Hall–Kier alpha value is -4.19. The van der Waals surface area contributed by atoms with Crippen LogP contribution in [0.25, 0.3) is 0 Å². The molecule has 0 aliphatic heterocycles. The maximum Gasteiger partial charge on any atom is 0.407 e. The van der Waals surface area contributed by atoms with E-state index in [0.29, 0.717) is 19.3 Å². The predicted molar refractivity (Wildman–Crippen MR) is 215 cm³/mol. The summed E-state index contributed by atoms with van der Waals surface area (Å²) in [6, 6.07) is -4.12. The van der Waals surface area contributed by atoms with E-state index in [1.807, 2.05) is 13.8 Å². The summed E-state index contributed by atoms with van der Waals surface area (Å²) in [6.45, 7) is 17.7. The highest BCUT2D eigenvalue weighted by atomic mass is 16.6. The van der Waals surface area contributed by atoms with Crippen molar-refractivity contribution < 1.29 is 52.9 Å². The van der Waals surface area contributed by atoms with Crippen LogP contribution in [-0.4, -0.2) is 108 Å². The van der Waals surface area contributed by atoms with Gasteiger partial charge in [0, 0.05) is 19.6 Å². The summed E-state index contributed by atoms with van der Waals surface area (Å²) in [5.74, 6) is -4.45. The standard InChI is InChI=1S/C39H73N7O11/c1-11-12-13-14-15-16-17-21-29(47)43-28(23-42-37(54)57-39(8,9)10)32(48)45-30(26(4)55-24-25(2)3)33(49)46-31(40)34(50)44-27(35(51)52)20-18-19-22-41-36(53)56-38(5,6)7/h25-28,30-31H,11-24,40H2,1-10H3,(H,41,53)(H,42,54)(H,43,47)(H,44,50)(H,45,48)(H,46,49)(H,51,52)/t26-,27+,28+,30+,31-/m1/s1. The first-order valence-electron chi connectivity index (χ1n) is 20.2. The van der Waals surface area contributed by atoms with Gasteiger partial charge >= 0.3 is 18.2 Å². The number of hydrogen-bond acceptors (Lipinski definition) is 11. The zero-order chi connectivity index (χ0) is 43.8. The lowest BCUT2D eigenvalue weighted by Gasteiger charge is -2.29. The van der Waals surface area contributed by atoms with Crippen molar-refractivity contribution in [2.24, 2.45) is 11.7 Å². The molecule has 18 nitrogen and oxygen atoms in total. The van der Waals surface area contributed by atoms with Crippen LogP contribution < -0.4 is 37.6 Å². The molecule has 18 heteroatoms. The van der Waals surface area contributed by atoms with E-state index >= 15 is 0 Å². The first-order chi connectivity index (χ1) is 26.4. The van der Waals surface area contributed by atoms with Gasteiger partial charge in [0.15, 0.2) is 6.17 Å². The topological polar surface area (TPSA) is 266 Å². The van der Waals surface area contributed by atoms with Gasteiger partial charge in [-0.05, 0) is 80.1 Å². The highest BCUT2D eigenvalue weighted by Gasteiger charge is 2.34. The fourth-order valence-electron chi connectivity index (χ4n) is 5.11. The Morgan fingerprint density at radius 3 is 1.75 bits per heavy atom. The number of hydrogen-bond donors (Lipinski definition) is 8. The molecule has 0 heterocycles. The van der Waals surface area contributed by atoms with Crippen LogP contribution >= 0.6 is 0 Å². The molecule has 330 valence electrons. The lowest BCUT2D eigenvalue weighted by Crippen LogP contribution is -2.63. The van der Waals surface area contributed by atoms with Crippen LogP contribution in [0.5, 0.6) is 0 Å². The third kappa shape index (κ3) is 27.1. The van der Waals surface area contributed by atoms with Crippen molar-refractivity contribution >= 4 is 41.8 Å². The molecule has 0 aliphatic rings. The zero-order valence-corrected chi connectivity index (χ0v) is 36.0. The fraction of sp³-hybridized carbons (Fsp3) is 0.821. The molecular weight excluding hydrogens is 742 g/mol. The molecule has 9 N–H and O–H groups in total. The second-order valence-corrected chi connectivity index (χ2v) is 16.6. The molecule has 0 bridgehead atoms. The maximum atomic E-state index is 13.7. The predicted octanol–water partition coefficient (Wildman–Crippen LogP) is 3.35. The van der Waals surface area contributed by atoms with E-state index in [0.717, 1.165) is 38.5 Å². The third-order valence-corrected chi connectivity index (χ3v) is 8.03. The van der Waals surface area contributed by atoms with Crippen molar-refractivity contribution in [3.05, 3.63) is 0 Å². The number of ether oxygens (including phenoxy) is 3. The molecule has 0 aromatic carbocycles. The van der Waals surface area contributed by atoms with E-state index in [2.05, 4.69) is 38.8 Å². The Bertz CT molecular complexity index is 1270. The van der Waals surface area contributed by atoms with E-state index < -0.39 is 83.4 Å². The Balaban J connectivity index is 5.76. The number of rotatable bonds is 27. The van der Waals surface area contributed by atoms with Crippen LogP contribution in [0.15, 0.2) is 0 Å². The molecule has 0 aliphatic carbocycles. The minimum atomic E-state index is -1.73. The van der Waals surface area contributed by atoms with Gasteiger partial charge in [0.2, 0.25) is 17.7 Å². The van der Waals surface area contributed by atoms with Crippen molar-refractivity contribution in [1.29, 1.82) is 0 Å². The molecule has 0 fully saturated rings. The van der Waals surface area contributed by atoms with Crippen molar-refractivity contribution in [1.82, 2.24) is 31.9 Å². The highest BCUT2D eigenvalue weighted by molar-refractivity contribution is 5.95. The second-order valence-electron chi connectivity index (χ2n) is 16.6. The quantitative estimate of drug-likeness (QED) is 0.0439. The third-order valence-electron chi connectivity index (χ3n) is 8.03. The van der Waals surface area contributed by atoms with E-state index in [-0.39, 0.29) is 38.5 Å². The van der Waals surface area contributed by atoms with Crippen LogP contribution in [0.3, 0.4) is 0 Å². The van der Waals surface area contributed by atoms with Gasteiger partial charge in [-0.3, -0.25) is 19.2 Å². The number of aliphatic carboxylic acids is 1. The summed E-state index contributed by atoms with van der Waals surface area (Å²) >= 11 is 0. The van der Waals surface area contributed by atoms with Crippen LogP contribution in [-0.2, 0) is 38.2 Å². The zero-order valence-electron chi connectivity index (χ0n) is 36.0. The van der Waals surface area contributed by atoms with Crippen LogP contribution in [0.4, 0.5) is 9.59 Å². The number of carboxylic acids is 1. The number of amides is 6. The first-order valence-corrected chi connectivity index (χ1v) is 20.2. The molecule has 0 spiro atoms. The number of carboxylic acid groups (broad SMARTS) is 1. The summed E-state index contributed by atoms with van der Waals surface area (Å²) in [7, 11) is 0. The van der Waals surface area contributed by atoms with Crippen molar-refractivity contribution in [3.63, 3.8) is 0 Å². The largest absolute Gasteiger partial charge is 0.480 e. The molecule has 6 amide bonds. The van der Waals surface area contributed by atoms with Crippen molar-refractivity contribution in [2.45, 2.75) is 181 Å². The van der Waals surface area contributed by atoms with Crippen LogP contribution in [0.1, 0.15) is 140 Å². The van der Waals surface area contributed by atoms with Gasteiger partial charge in [-0.2, -0.15) is 0 Å². The number of nitrogens with one attached hydrogen (secondary N) is 6. The number of alkyl carbamates (subject to hydrolysis) is 2. The number of nitrogens with two attached hydrogens (primary N) is 1. The van der Waals surface area contributed by atoms with Gasteiger partial charge in [0.1, 0.15) is 29.3 Å². The second kappa shape index (κ2) is 27.4. The fourth-order valence-corrected chi connectivity index (χ4v) is 5.11. The van der Waals surface area contributed by atoms with E-state index in [1.165, 1.54) is 6.92 Å². The molecular formula is C39H73N7O11. The average molecular weight is 816 g/mol. The lowest BCUT2D eigenvalue weighted by molar-refractivity contribution is -0.142. The summed E-state index contributed by atoms with van der Waals surface area (Å²) < 4.78 is 16.3. The Kier molecular flexibility index (Phi) is 25.4. The summed E-state index contributed by atoms with van der Waals surface area (Å²) in [6.07, 6.45) is 3.65. The molecule has 0 saturated heterocycles. The molecule has 0 radical (unpaired) electrons. The minimum Gasteiger partial charge on any atom is -0.480 e. The number of carbonyl (C=O) groups excluding carboxylic acids is 6. The highest BCUT2D eigenvalue weighted by Crippen LogP contribution is 2.11. The summed E-state index contributed by atoms with van der Waals surface area (Å²) in [5, 5.41) is 24.6. The SMILES string of the molecule is CCCCCCCCCC(=O)N[C@@H](CNC(=O)OC(C)(C)C)C(=O)N[C@H](C(=O)N[C@@H](N)C(=O)N[C@@H](CCCCNC(=O)OC(C)(C)C)C(=O)O)[C@@H](C)OCC(C)C. The monoisotopic (exact) mass is 816 g/mol. The minimum absolute atomic E-state index is 0.000104. The number of unbranched alkanes of at least 4 members (excludes halogenated alkanes) is 7. The normalized spacial score (nSPS) is 14.2. The Labute approximate surface area is 339 Å². The van der Waals surface area contributed by atoms with Crippen molar-refractivity contribution in [2.75, 3.05) is 19.7 Å². The average Bonchev–Trinajstić information content (AvgIpc) is 3.08.